The molecule has 1 aliphatic heterocycles. The molecule has 8 nitrogen and oxygen atoms in total. The number of nitrogens with zero attached hydrogens (tertiary/aromatic N) is 3. The predicted molar refractivity (Wildman–Crippen MR) is 88.3 cm³/mol. The van der Waals surface area contributed by atoms with E-state index in [0.717, 1.165) is 31.8 Å². The number of hydrogen-bond donors (Lipinski definition) is 2. The SMILES string of the molecule is CC(C)C1CN(Cc2cc(C(=O)O)nn2C)CCCO1.O=C(O)C(F)(F)F. The summed E-state index contributed by atoms with van der Waals surface area (Å²) in [5.41, 5.74) is 1.03. The lowest BCUT2D eigenvalue weighted by atomic mass is 10.1. The summed E-state index contributed by atoms with van der Waals surface area (Å²) in [6.07, 6.45) is -3.84. The van der Waals surface area contributed by atoms with Crippen LogP contribution in [0, 0.1) is 5.92 Å². The Kier molecular flexibility index (Phi) is 8.22. The van der Waals surface area contributed by atoms with Gasteiger partial charge in [-0.25, -0.2) is 9.59 Å². The molecule has 1 aromatic rings. The van der Waals surface area contributed by atoms with E-state index < -0.39 is 18.1 Å². The van der Waals surface area contributed by atoms with Crippen LogP contribution in [0.5, 0.6) is 0 Å². The predicted octanol–water partition coefficient (Wildman–Crippen LogP) is 2.00. The number of aliphatic carboxylic acids is 1. The first-order valence-electron chi connectivity index (χ1n) is 8.32. The number of carboxylic acid groups (broad SMARTS) is 2. The number of hydrogen-bond acceptors (Lipinski definition) is 5. The second kappa shape index (κ2) is 9.70. The average molecular weight is 395 g/mol. The summed E-state index contributed by atoms with van der Waals surface area (Å²) in [5.74, 6) is -3.25. The minimum atomic E-state index is -5.08. The van der Waals surface area contributed by atoms with Crippen molar-refractivity contribution in [1.29, 1.82) is 0 Å². The minimum Gasteiger partial charge on any atom is -0.476 e. The zero-order valence-electron chi connectivity index (χ0n) is 15.4. The molecule has 2 heterocycles. The maximum absolute atomic E-state index is 10.9. The topological polar surface area (TPSA) is 105 Å². The first kappa shape index (κ1) is 22.9. The van der Waals surface area contributed by atoms with Crippen LogP contribution in [-0.4, -0.2) is 68.8 Å². The molecule has 27 heavy (non-hydrogen) atoms. The highest BCUT2D eigenvalue weighted by molar-refractivity contribution is 5.85. The van der Waals surface area contributed by atoms with Gasteiger partial charge in [0.1, 0.15) is 0 Å². The Balaban J connectivity index is 0.000000445. The van der Waals surface area contributed by atoms with E-state index in [1.807, 2.05) is 0 Å². The molecule has 0 radical (unpaired) electrons. The average Bonchev–Trinajstić information content (AvgIpc) is 2.76. The molecule has 154 valence electrons. The van der Waals surface area contributed by atoms with E-state index in [2.05, 4.69) is 23.8 Å². The van der Waals surface area contributed by atoms with Crippen molar-refractivity contribution in [2.45, 2.75) is 39.1 Å². The fourth-order valence-corrected chi connectivity index (χ4v) is 2.46. The highest BCUT2D eigenvalue weighted by Gasteiger charge is 2.38. The number of rotatable bonds is 4. The summed E-state index contributed by atoms with van der Waals surface area (Å²) in [4.78, 5) is 22.2. The van der Waals surface area contributed by atoms with E-state index in [1.165, 1.54) is 0 Å². The van der Waals surface area contributed by atoms with Gasteiger partial charge >= 0.3 is 18.1 Å². The van der Waals surface area contributed by atoms with Crippen LogP contribution in [0.3, 0.4) is 0 Å². The molecule has 11 heteroatoms. The maximum atomic E-state index is 10.9. The third-order valence-corrected chi connectivity index (χ3v) is 3.96. The molecule has 2 N–H and O–H groups in total. The molecule has 2 rings (SSSR count). The fourth-order valence-electron chi connectivity index (χ4n) is 2.46. The molecule has 0 aromatic carbocycles. The molecule has 0 aliphatic carbocycles. The van der Waals surface area contributed by atoms with E-state index >= 15 is 0 Å². The molecule has 0 bridgehead atoms. The van der Waals surface area contributed by atoms with Crippen LogP contribution in [0.4, 0.5) is 13.2 Å². The molecule has 1 saturated heterocycles. The Bertz CT molecular complexity index is 646. The molecule has 1 fully saturated rings. The van der Waals surface area contributed by atoms with Gasteiger partial charge in [-0.05, 0) is 18.4 Å². The molecule has 1 unspecified atom stereocenters. The Morgan fingerprint density at radius 1 is 1.37 bits per heavy atom. The zero-order valence-corrected chi connectivity index (χ0v) is 15.4. The largest absolute Gasteiger partial charge is 0.490 e. The van der Waals surface area contributed by atoms with E-state index in [1.54, 1.807) is 17.8 Å². The number of alkyl halides is 3. The summed E-state index contributed by atoms with van der Waals surface area (Å²) < 4.78 is 39.2. The van der Waals surface area contributed by atoms with E-state index in [-0.39, 0.29) is 11.8 Å². The highest BCUT2D eigenvalue weighted by atomic mass is 19.4. The Morgan fingerprint density at radius 3 is 2.41 bits per heavy atom. The van der Waals surface area contributed by atoms with E-state index in [9.17, 15) is 18.0 Å². The third-order valence-electron chi connectivity index (χ3n) is 3.96. The monoisotopic (exact) mass is 395 g/mol. The van der Waals surface area contributed by atoms with Crippen LogP contribution in [-0.2, 0) is 23.1 Å². The number of aromatic nitrogens is 2. The summed E-state index contributed by atoms with van der Waals surface area (Å²) in [5, 5.41) is 20.1. The number of halogens is 3. The molecule has 0 amide bonds. The third kappa shape index (κ3) is 7.55. The fraction of sp³-hybridized carbons (Fsp3) is 0.688. The van der Waals surface area contributed by atoms with Crippen LogP contribution in [0.2, 0.25) is 0 Å². The van der Waals surface area contributed by atoms with Crippen LogP contribution in [0.25, 0.3) is 0 Å². The number of aryl methyl sites for hydroxylation is 1. The molecular formula is C16H24F3N3O5. The van der Waals surface area contributed by atoms with E-state index in [0.29, 0.717) is 12.5 Å². The van der Waals surface area contributed by atoms with Gasteiger partial charge in [0.05, 0.1) is 11.8 Å². The van der Waals surface area contributed by atoms with Gasteiger partial charge in [-0.1, -0.05) is 13.8 Å². The van der Waals surface area contributed by atoms with Gasteiger partial charge in [-0.3, -0.25) is 9.58 Å². The lowest BCUT2D eigenvalue weighted by molar-refractivity contribution is -0.192. The lowest BCUT2D eigenvalue weighted by Crippen LogP contribution is -2.34. The molecule has 1 atom stereocenters. The van der Waals surface area contributed by atoms with Crippen molar-refractivity contribution in [1.82, 2.24) is 14.7 Å². The van der Waals surface area contributed by atoms with Crippen molar-refractivity contribution in [3.05, 3.63) is 17.5 Å². The van der Waals surface area contributed by atoms with E-state index in [4.69, 9.17) is 19.7 Å². The Morgan fingerprint density at radius 2 is 1.96 bits per heavy atom. The normalized spacial score (nSPS) is 18.6. The zero-order chi connectivity index (χ0) is 20.8. The number of carboxylic acids is 2. The smallest absolute Gasteiger partial charge is 0.476 e. The van der Waals surface area contributed by atoms with Gasteiger partial charge in [-0.2, -0.15) is 18.3 Å². The van der Waals surface area contributed by atoms with Gasteiger partial charge in [0, 0.05) is 33.3 Å². The van der Waals surface area contributed by atoms with Crippen molar-refractivity contribution >= 4 is 11.9 Å². The first-order valence-corrected chi connectivity index (χ1v) is 8.32. The van der Waals surface area contributed by atoms with Crippen molar-refractivity contribution < 1.29 is 37.7 Å². The highest BCUT2D eigenvalue weighted by Crippen LogP contribution is 2.16. The van der Waals surface area contributed by atoms with Gasteiger partial charge in [0.25, 0.3) is 0 Å². The number of aromatic carboxylic acids is 1. The van der Waals surface area contributed by atoms with Crippen molar-refractivity contribution in [2.75, 3.05) is 19.7 Å². The van der Waals surface area contributed by atoms with Crippen LogP contribution in [0.1, 0.15) is 36.5 Å². The second-order valence-electron chi connectivity index (χ2n) is 6.49. The van der Waals surface area contributed by atoms with Crippen LogP contribution in [0.15, 0.2) is 6.07 Å². The molecule has 0 saturated carbocycles. The summed E-state index contributed by atoms with van der Waals surface area (Å²) in [7, 11) is 1.79. The lowest BCUT2D eigenvalue weighted by Gasteiger charge is -2.25. The molecule has 1 aromatic heterocycles. The van der Waals surface area contributed by atoms with Crippen molar-refractivity contribution in [2.24, 2.45) is 13.0 Å². The first-order chi connectivity index (χ1) is 12.4. The van der Waals surface area contributed by atoms with Gasteiger partial charge in [0.2, 0.25) is 0 Å². The summed E-state index contributed by atoms with van der Waals surface area (Å²) in [6.45, 7) is 7.69. The summed E-state index contributed by atoms with van der Waals surface area (Å²) >= 11 is 0. The van der Waals surface area contributed by atoms with Crippen LogP contribution >= 0.6 is 0 Å². The second-order valence-corrected chi connectivity index (χ2v) is 6.49. The quantitative estimate of drug-likeness (QED) is 0.803. The van der Waals surface area contributed by atoms with Gasteiger partial charge in [-0.15, -0.1) is 0 Å². The van der Waals surface area contributed by atoms with Gasteiger partial charge in [0.15, 0.2) is 5.69 Å². The van der Waals surface area contributed by atoms with Gasteiger partial charge < -0.3 is 14.9 Å². The number of carbonyl (C=O) groups is 2. The standard InChI is InChI=1S/C14H23N3O3.C2HF3O2/c1-10(2)13-9-17(5-4-6-20-13)8-11-7-12(14(18)19)15-16(11)3;3-2(4,5)1(6)7/h7,10,13H,4-6,8-9H2,1-3H3,(H,18,19);(H,6,7). The maximum Gasteiger partial charge on any atom is 0.490 e. The Labute approximate surface area is 154 Å². The summed E-state index contributed by atoms with van der Waals surface area (Å²) in [6, 6.07) is 1.65. The Hall–Kier alpha value is -2.14. The molecule has 0 spiro atoms. The number of ether oxygens (including phenoxy) is 1. The molecular weight excluding hydrogens is 371 g/mol. The minimum absolute atomic E-state index is 0.106. The van der Waals surface area contributed by atoms with Crippen LogP contribution < -0.4 is 0 Å². The van der Waals surface area contributed by atoms with Crippen molar-refractivity contribution in [3.8, 4) is 0 Å². The van der Waals surface area contributed by atoms with Crippen molar-refractivity contribution in [3.63, 3.8) is 0 Å². The molecule has 1 aliphatic rings.